The molecule has 0 unspecified atom stereocenters. The van der Waals surface area contributed by atoms with Crippen molar-refractivity contribution in [2.24, 2.45) is 0 Å². The number of halogens is 1. The molecule has 1 N–H and O–H groups in total. The minimum atomic E-state index is 0.675. The van der Waals surface area contributed by atoms with Crippen LogP contribution in [0.25, 0.3) is 0 Å². The van der Waals surface area contributed by atoms with Crippen LogP contribution in [0, 0.1) is 0 Å². The van der Waals surface area contributed by atoms with E-state index in [-0.39, 0.29) is 0 Å². The van der Waals surface area contributed by atoms with Gasteiger partial charge in [-0.25, -0.2) is 0 Å². The van der Waals surface area contributed by atoms with Crippen molar-refractivity contribution in [1.82, 2.24) is 10.2 Å². The molecule has 0 saturated carbocycles. The fourth-order valence-electron chi connectivity index (χ4n) is 2.34. The van der Waals surface area contributed by atoms with E-state index in [0.29, 0.717) is 6.04 Å². The Balaban J connectivity index is 2.72. The maximum Gasteiger partial charge on any atom is 0.0244 e. The third-order valence-corrected chi connectivity index (χ3v) is 4.22. The zero-order valence-electron chi connectivity index (χ0n) is 12.0. The van der Waals surface area contributed by atoms with Gasteiger partial charge in [0.2, 0.25) is 0 Å². The predicted molar refractivity (Wildman–Crippen MR) is 82.7 cm³/mol. The molecule has 0 spiro atoms. The first-order valence-electron chi connectivity index (χ1n) is 6.74. The highest BCUT2D eigenvalue weighted by atomic mass is 79.9. The first-order valence-corrected chi connectivity index (χ1v) is 7.53. The van der Waals surface area contributed by atoms with Crippen LogP contribution in [-0.4, -0.2) is 25.0 Å². The molecule has 0 saturated heterocycles. The van der Waals surface area contributed by atoms with Gasteiger partial charge in [-0.15, -0.1) is 0 Å². The molecule has 1 aromatic rings. The summed E-state index contributed by atoms with van der Waals surface area (Å²) >= 11 is 3.68. The van der Waals surface area contributed by atoms with Crippen LogP contribution in [0.3, 0.4) is 0 Å². The van der Waals surface area contributed by atoms with Crippen LogP contribution in [0.1, 0.15) is 37.8 Å². The van der Waals surface area contributed by atoms with Gasteiger partial charge in [-0.1, -0.05) is 41.9 Å². The predicted octanol–water partition coefficient (Wildman–Crippen LogP) is 3.79. The Bertz CT molecular complexity index is 362. The SMILES string of the molecule is CCC(CC)N(C)Cc1ccc(CNC)cc1Br. The average Bonchev–Trinajstić information content (AvgIpc) is 2.34. The minimum absolute atomic E-state index is 0.675. The number of nitrogens with zero attached hydrogens (tertiary/aromatic N) is 1. The first-order chi connectivity index (χ1) is 8.62. The van der Waals surface area contributed by atoms with Crippen molar-refractivity contribution in [3.63, 3.8) is 0 Å². The molecule has 18 heavy (non-hydrogen) atoms. The van der Waals surface area contributed by atoms with E-state index in [4.69, 9.17) is 0 Å². The van der Waals surface area contributed by atoms with Gasteiger partial charge in [0.1, 0.15) is 0 Å². The Labute approximate surface area is 120 Å². The van der Waals surface area contributed by atoms with Crippen molar-refractivity contribution in [1.29, 1.82) is 0 Å². The maximum absolute atomic E-state index is 3.68. The largest absolute Gasteiger partial charge is 0.316 e. The summed E-state index contributed by atoms with van der Waals surface area (Å²) in [5.41, 5.74) is 2.68. The van der Waals surface area contributed by atoms with Gasteiger partial charge in [0.15, 0.2) is 0 Å². The highest BCUT2D eigenvalue weighted by Crippen LogP contribution is 2.21. The monoisotopic (exact) mass is 312 g/mol. The fourth-order valence-corrected chi connectivity index (χ4v) is 2.89. The topological polar surface area (TPSA) is 15.3 Å². The standard InChI is InChI=1S/C15H25BrN2/c1-5-14(6-2)18(4)11-13-8-7-12(10-17-3)9-15(13)16/h7-9,14,17H,5-6,10-11H2,1-4H3. The smallest absolute Gasteiger partial charge is 0.0244 e. The number of nitrogens with one attached hydrogen (secondary N) is 1. The quantitative estimate of drug-likeness (QED) is 0.824. The Morgan fingerprint density at radius 1 is 1.28 bits per heavy atom. The zero-order valence-corrected chi connectivity index (χ0v) is 13.5. The van der Waals surface area contributed by atoms with Gasteiger partial charge < -0.3 is 5.32 Å². The van der Waals surface area contributed by atoms with E-state index in [1.807, 2.05) is 7.05 Å². The molecule has 102 valence electrons. The van der Waals surface area contributed by atoms with Gasteiger partial charge >= 0.3 is 0 Å². The first kappa shape index (κ1) is 15.7. The molecule has 0 heterocycles. The van der Waals surface area contributed by atoms with Gasteiger partial charge in [0, 0.05) is 23.6 Å². The average molecular weight is 313 g/mol. The molecule has 0 aromatic heterocycles. The summed E-state index contributed by atoms with van der Waals surface area (Å²) in [6.07, 6.45) is 2.42. The third-order valence-electron chi connectivity index (χ3n) is 3.48. The van der Waals surface area contributed by atoms with E-state index in [2.05, 4.69) is 65.2 Å². The van der Waals surface area contributed by atoms with Crippen molar-refractivity contribution in [3.8, 4) is 0 Å². The van der Waals surface area contributed by atoms with Crippen LogP contribution in [0.2, 0.25) is 0 Å². The maximum atomic E-state index is 3.68. The zero-order chi connectivity index (χ0) is 13.5. The lowest BCUT2D eigenvalue weighted by Gasteiger charge is -2.26. The summed E-state index contributed by atoms with van der Waals surface area (Å²) in [4.78, 5) is 2.44. The van der Waals surface area contributed by atoms with Crippen LogP contribution in [0.15, 0.2) is 22.7 Å². The molecule has 0 fully saturated rings. The van der Waals surface area contributed by atoms with Crippen LogP contribution < -0.4 is 5.32 Å². The van der Waals surface area contributed by atoms with Gasteiger partial charge in [-0.3, -0.25) is 4.90 Å². The molecular formula is C15H25BrN2. The molecule has 0 bridgehead atoms. The van der Waals surface area contributed by atoms with Gasteiger partial charge in [0.25, 0.3) is 0 Å². The van der Waals surface area contributed by atoms with Crippen LogP contribution in [-0.2, 0) is 13.1 Å². The molecule has 0 amide bonds. The van der Waals surface area contributed by atoms with Crippen molar-refractivity contribution < 1.29 is 0 Å². The van der Waals surface area contributed by atoms with E-state index in [9.17, 15) is 0 Å². The van der Waals surface area contributed by atoms with Gasteiger partial charge in [-0.2, -0.15) is 0 Å². The number of benzene rings is 1. The molecule has 3 heteroatoms. The minimum Gasteiger partial charge on any atom is -0.316 e. The second-order valence-electron chi connectivity index (χ2n) is 4.84. The summed E-state index contributed by atoms with van der Waals surface area (Å²) in [5.74, 6) is 0. The van der Waals surface area contributed by atoms with Crippen LogP contribution >= 0.6 is 15.9 Å². The Hall–Kier alpha value is -0.380. The summed E-state index contributed by atoms with van der Waals surface area (Å²) < 4.78 is 1.22. The molecule has 0 atom stereocenters. The number of rotatable bonds is 7. The van der Waals surface area contributed by atoms with Gasteiger partial charge in [-0.05, 0) is 44.1 Å². The highest BCUT2D eigenvalue weighted by molar-refractivity contribution is 9.10. The lowest BCUT2D eigenvalue weighted by Crippen LogP contribution is -2.30. The lowest BCUT2D eigenvalue weighted by molar-refractivity contribution is 0.221. The Kier molecular flexibility index (Phi) is 6.90. The molecule has 0 aliphatic heterocycles. The van der Waals surface area contributed by atoms with E-state index in [1.165, 1.54) is 28.4 Å². The number of hydrogen-bond acceptors (Lipinski definition) is 2. The second kappa shape index (κ2) is 7.93. The summed E-state index contributed by atoms with van der Waals surface area (Å²) in [5, 5.41) is 3.18. The fraction of sp³-hybridized carbons (Fsp3) is 0.600. The van der Waals surface area contributed by atoms with E-state index >= 15 is 0 Å². The molecule has 0 aliphatic carbocycles. The van der Waals surface area contributed by atoms with Gasteiger partial charge in [0.05, 0.1) is 0 Å². The molecule has 2 nitrogen and oxygen atoms in total. The van der Waals surface area contributed by atoms with Crippen molar-refractivity contribution in [3.05, 3.63) is 33.8 Å². The van der Waals surface area contributed by atoms with Crippen molar-refractivity contribution >= 4 is 15.9 Å². The normalized spacial score (nSPS) is 11.5. The van der Waals surface area contributed by atoms with Crippen molar-refractivity contribution in [2.75, 3.05) is 14.1 Å². The molecular weight excluding hydrogens is 288 g/mol. The summed E-state index contributed by atoms with van der Waals surface area (Å²) in [7, 11) is 4.19. The summed E-state index contributed by atoms with van der Waals surface area (Å²) in [6, 6.07) is 7.33. The number of hydrogen-bond donors (Lipinski definition) is 1. The van der Waals surface area contributed by atoms with Crippen LogP contribution in [0.4, 0.5) is 0 Å². The second-order valence-corrected chi connectivity index (χ2v) is 5.70. The third kappa shape index (κ3) is 4.38. The molecule has 1 rings (SSSR count). The summed E-state index contributed by atoms with van der Waals surface area (Å²) in [6.45, 7) is 6.44. The van der Waals surface area contributed by atoms with E-state index in [0.717, 1.165) is 13.1 Å². The van der Waals surface area contributed by atoms with Crippen LogP contribution in [0.5, 0.6) is 0 Å². The lowest BCUT2D eigenvalue weighted by atomic mass is 10.1. The molecule has 0 aliphatic rings. The highest BCUT2D eigenvalue weighted by Gasteiger charge is 2.12. The molecule has 1 aromatic carbocycles. The Morgan fingerprint density at radius 2 is 1.94 bits per heavy atom. The Morgan fingerprint density at radius 3 is 2.44 bits per heavy atom. The van der Waals surface area contributed by atoms with E-state index < -0.39 is 0 Å². The van der Waals surface area contributed by atoms with Crippen molar-refractivity contribution in [2.45, 2.75) is 45.8 Å². The molecule has 0 radical (unpaired) electrons. The van der Waals surface area contributed by atoms with E-state index in [1.54, 1.807) is 0 Å².